The molecule has 0 atom stereocenters. The first-order chi connectivity index (χ1) is 17.4. The van der Waals surface area contributed by atoms with Gasteiger partial charge in [0, 0.05) is 22.6 Å². The summed E-state index contributed by atoms with van der Waals surface area (Å²) < 4.78 is 6.99. The Morgan fingerprint density at radius 3 is 2.14 bits per heavy atom. The van der Waals surface area contributed by atoms with Gasteiger partial charge in [0.1, 0.15) is 11.5 Å². The number of hydrogen-bond donors (Lipinski definition) is 2. The number of aromatic nitrogens is 3. The van der Waals surface area contributed by atoms with Crippen molar-refractivity contribution in [1.82, 2.24) is 14.9 Å². The van der Waals surface area contributed by atoms with Gasteiger partial charge in [-0.1, -0.05) is 77.0 Å². The molecule has 8 heteroatoms. The zero-order chi connectivity index (χ0) is 26.8. The summed E-state index contributed by atoms with van der Waals surface area (Å²) in [4.78, 5) is 25.7. The highest BCUT2D eigenvalue weighted by Gasteiger charge is 2.24. The maximum Gasteiger partial charge on any atom is 0.274 e. The zero-order valence-electron chi connectivity index (χ0n) is 22.1. The van der Waals surface area contributed by atoms with Gasteiger partial charge in [0.05, 0.1) is 17.8 Å². The van der Waals surface area contributed by atoms with E-state index in [0.29, 0.717) is 23.0 Å². The average molecular weight is 500 g/mol. The summed E-state index contributed by atoms with van der Waals surface area (Å²) in [6.45, 7) is 12.2. The Labute approximate surface area is 217 Å². The van der Waals surface area contributed by atoms with Crippen molar-refractivity contribution < 1.29 is 14.1 Å². The molecular weight excluding hydrogens is 466 g/mol. The molecule has 2 heterocycles. The van der Waals surface area contributed by atoms with Crippen LogP contribution in [-0.2, 0) is 22.0 Å². The predicted molar refractivity (Wildman–Crippen MR) is 144 cm³/mol. The SMILES string of the molecule is CC(C)(C)c1cc(C(=O)Nc2ccc(CC(=O)Nc3cc(C(C)(C)C)on3)cc2)n(-c2ccccc2)n1. The Morgan fingerprint density at radius 2 is 1.54 bits per heavy atom. The molecule has 2 aromatic heterocycles. The normalized spacial score (nSPS) is 11.8. The highest BCUT2D eigenvalue weighted by molar-refractivity contribution is 6.03. The Balaban J connectivity index is 1.44. The minimum absolute atomic E-state index is 0.168. The number of nitrogens with zero attached hydrogens (tertiary/aromatic N) is 3. The molecule has 0 radical (unpaired) electrons. The minimum Gasteiger partial charge on any atom is -0.359 e. The van der Waals surface area contributed by atoms with Crippen molar-refractivity contribution in [2.45, 2.75) is 58.8 Å². The molecule has 8 nitrogen and oxygen atoms in total. The molecule has 0 saturated heterocycles. The van der Waals surface area contributed by atoms with Gasteiger partial charge in [0.2, 0.25) is 5.91 Å². The van der Waals surface area contributed by atoms with E-state index < -0.39 is 0 Å². The van der Waals surface area contributed by atoms with Crippen LogP contribution in [0.1, 0.15) is 69.0 Å². The summed E-state index contributed by atoms with van der Waals surface area (Å²) in [6.07, 6.45) is 0.168. The van der Waals surface area contributed by atoms with Gasteiger partial charge in [0.25, 0.3) is 5.91 Å². The summed E-state index contributed by atoms with van der Waals surface area (Å²) in [7, 11) is 0. The highest BCUT2D eigenvalue weighted by atomic mass is 16.5. The molecule has 0 bridgehead atoms. The third-order valence-electron chi connectivity index (χ3n) is 5.80. The number of para-hydroxylation sites is 1. The minimum atomic E-state index is -0.266. The lowest BCUT2D eigenvalue weighted by Crippen LogP contribution is -2.17. The first-order valence-electron chi connectivity index (χ1n) is 12.2. The van der Waals surface area contributed by atoms with Gasteiger partial charge in [-0.2, -0.15) is 5.10 Å². The molecule has 4 aromatic rings. The molecule has 0 aliphatic rings. The van der Waals surface area contributed by atoms with E-state index in [0.717, 1.165) is 16.9 Å². The van der Waals surface area contributed by atoms with Crippen molar-refractivity contribution in [2.75, 3.05) is 10.6 Å². The van der Waals surface area contributed by atoms with Crippen molar-refractivity contribution in [3.63, 3.8) is 0 Å². The van der Waals surface area contributed by atoms with E-state index in [1.807, 2.05) is 69.3 Å². The molecule has 2 aromatic carbocycles. The van der Waals surface area contributed by atoms with E-state index in [4.69, 9.17) is 9.62 Å². The summed E-state index contributed by atoms with van der Waals surface area (Å²) in [5.74, 6) is 0.625. The van der Waals surface area contributed by atoms with Crippen molar-refractivity contribution in [3.05, 3.63) is 89.4 Å². The second kappa shape index (κ2) is 10.0. The molecule has 0 fully saturated rings. The van der Waals surface area contributed by atoms with Crippen molar-refractivity contribution in [1.29, 1.82) is 0 Å². The van der Waals surface area contributed by atoms with Crippen LogP contribution in [0.2, 0.25) is 0 Å². The van der Waals surface area contributed by atoms with Crippen LogP contribution in [0.15, 0.2) is 71.3 Å². The number of carbonyl (C=O) groups is 2. The van der Waals surface area contributed by atoms with E-state index >= 15 is 0 Å². The number of anilines is 2. The lowest BCUT2D eigenvalue weighted by atomic mass is 9.92. The molecule has 2 amide bonds. The molecule has 0 unspecified atom stereocenters. The van der Waals surface area contributed by atoms with E-state index in [9.17, 15) is 9.59 Å². The van der Waals surface area contributed by atoms with Crippen molar-refractivity contribution in [3.8, 4) is 5.69 Å². The summed E-state index contributed by atoms with van der Waals surface area (Å²) >= 11 is 0. The Hall–Kier alpha value is -4.20. The molecule has 0 saturated carbocycles. The fourth-order valence-corrected chi connectivity index (χ4v) is 3.64. The van der Waals surface area contributed by atoms with Crippen molar-refractivity contribution in [2.24, 2.45) is 0 Å². The van der Waals surface area contributed by atoms with Gasteiger partial charge in [-0.15, -0.1) is 0 Å². The van der Waals surface area contributed by atoms with Crippen LogP contribution >= 0.6 is 0 Å². The summed E-state index contributed by atoms with van der Waals surface area (Å²) in [6, 6.07) is 20.3. The zero-order valence-corrected chi connectivity index (χ0v) is 22.1. The van der Waals surface area contributed by atoms with E-state index in [1.165, 1.54) is 0 Å². The predicted octanol–water partition coefficient (Wildman–Crippen LogP) is 5.89. The van der Waals surface area contributed by atoms with Crippen LogP contribution in [0, 0.1) is 0 Å². The monoisotopic (exact) mass is 499 g/mol. The third kappa shape index (κ3) is 6.33. The first-order valence-corrected chi connectivity index (χ1v) is 12.2. The third-order valence-corrected chi connectivity index (χ3v) is 5.80. The maximum absolute atomic E-state index is 13.2. The smallest absolute Gasteiger partial charge is 0.274 e. The molecule has 0 aliphatic heterocycles. The molecular formula is C29H33N5O3. The quantitative estimate of drug-likeness (QED) is 0.344. The largest absolute Gasteiger partial charge is 0.359 e. The number of benzene rings is 2. The van der Waals surface area contributed by atoms with E-state index in [-0.39, 0.29) is 29.1 Å². The van der Waals surface area contributed by atoms with Gasteiger partial charge in [-0.25, -0.2) is 4.68 Å². The lowest BCUT2D eigenvalue weighted by Gasteiger charge is -2.14. The second-order valence-corrected chi connectivity index (χ2v) is 11.1. The number of rotatable bonds is 6. The summed E-state index contributed by atoms with van der Waals surface area (Å²) in [5.41, 5.74) is 3.11. The first kappa shape index (κ1) is 25.9. The van der Waals surface area contributed by atoms with Gasteiger partial charge in [0.15, 0.2) is 5.82 Å². The number of carbonyl (C=O) groups excluding carboxylic acids is 2. The Morgan fingerprint density at radius 1 is 0.865 bits per heavy atom. The average Bonchev–Trinajstić information content (AvgIpc) is 3.48. The molecule has 0 aliphatic carbocycles. The Kier molecular flexibility index (Phi) is 7.03. The summed E-state index contributed by atoms with van der Waals surface area (Å²) in [5, 5.41) is 14.3. The van der Waals surface area contributed by atoms with E-state index in [1.54, 1.807) is 22.9 Å². The van der Waals surface area contributed by atoms with Crippen molar-refractivity contribution >= 4 is 23.3 Å². The van der Waals surface area contributed by atoms with Gasteiger partial charge in [-0.05, 0) is 35.9 Å². The van der Waals surface area contributed by atoms with Crippen LogP contribution in [0.25, 0.3) is 5.69 Å². The van der Waals surface area contributed by atoms with Crippen LogP contribution in [0.5, 0.6) is 0 Å². The lowest BCUT2D eigenvalue weighted by molar-refractivity contribution is -0.115. The standard InChI is InChI=1S/C29H33N5O3/c1-28(2,3)23-17-22(34(32-23)21-10-8-7-9-11-21)27(36)30-20-14-12-19(13-15-20)16-26(35)31-25-18-24(37-33-25)29(4,5)6/h7-15,17-18H,16H2,1-6H3,(H,30,36)(H,31,33,35). The highest BCUT2D eigenvalue weighted by Crippen LogP contribution is 2.26. The van der Waals surface area contributed by atoms with Crippen LogP contribution in [0.4, 0.5) is 11.5 Å². The van der Waals surface area contributed by atoms with Crippen LogP contribution in [-0.4, -0.2) is 26.8 Å². The molecule has 192 valence electrons. The van der Waals surface area contributed by atoms with Crippen LogP contribution < -0.4 is 10.6 Å². The molecule has 2 N–H and O–H groups in total. The van der Waals surface area contributed by atoms with Gasteiger partial charge < -0.3 is 15.2 Å². The van der Waals surface area contributed by atoms with Gasteiger partial charge >= 0.3 is 0 Å². The molecule has 37 heavy (non-hydrogen) atoms. The number of amides is 2. The second-order valence-electron chi connectivity index (χ2n) is 11.1. The number of nitrogens with one attached hydrogen (secondary N) is 2. The fraction of sp³-hybridized carbons (Fsp3) is 0.310. The van der Waals surface area contributed by atoms with Gasteiger partial charge in [-0.3, -0.25) is 9.59 Å². The molecule has 4 rings (SSSR count). The molecule has 0 spiro atoms. The Bertz CT molecular complexity index is 1390. The van der Waals surface area contributed by atoms with E-state index in [2.05, 4.69) is 36.6 Å². The topological polar surface area (TPSA) is 102 Å². The van der Waals surface area contributed by atoms with Crippen LogP contribution in [0.3, 0.4) is 0 Å². The number of hydrogen-bond acceptors (Lipinski definition) is 5. The fourth-order valence-electron chi connectivity index (χ4n) is 3.64. The maximum atomic E-state index is 13.2.